The summed E-state index contributed by atoms with van der Waals surface area (Å²) in [6.07, 6.45) is 0. The summed E-state index contributed by atoms with van der Waals surface area (Å²) in [4.78, 5) is 23.6. The van der Waals surface area contributed by atoms with Crippen molar-refractivity contribution in [1.29, 1.82) is 0 Å². The number of benzene rings is 1. The smallest absolute Gasteiger partial charge is 0.324 e. The summed E-state index contributed by atoms with van der Waals surface area (Å²) >= 11 is 0. The van der Waals surface area contributed by atoms with Gasteiger partial charge in [0.1, 0.15) is 0 Å². The molecule has 0 radical (unpaired) electrons. The zero-order valence-corrected chi connectivity index (χ0v) is 11.9. The highest BCUT2D eigenvalue weighted by molar-refractivity contribution is 7.89. The number of imide groups is 1. The van der Waals surface area contributed by atoms with E-state index in [0.717, 1.165) is 21.3 Å². The summed E-state index contributed by atoms with van der Waals surface area (Å²) in [6, 6.07) is 1.20. The Kier molecular flexibility index (Phi) is 3.37. The second-order valence-electron chi connectivity index (χ2n) is 4.97. The third-order valence-corrected chi connectivity index (χ3v) is 5.43. The first-order valence-electron chi connectivity index (χ1n) is 6.36. The lowest BCUT2D eigenvalue weighted by molar-refractivity contribution is -0.128. The maximum atomic E-state index is 13.2. The Morgan fingerprint density at radius 3 is 2.36 bits per heavy atom. The standard InChI is InChI=1S/C12H11F2N3O4S/c13-9-2-1-8(3-10(9)14)22(20,21)16-5-7(6-16)17-11(18)4-15-12(17)19/h1-3,7H,4-6H2,(H,15,19). The molecule has 7 nitrogen and oxygen atoms in total. The van der Waals surface area contributed by atoms with Crippen molar-refractivity contribution in [2.75, 3.05) is 19.6 Å². The average molecular weight is 331 g/mol. The zero-order valence-electron chi connectivity index (χ0n) is 11.1. The number of rotatable bonds is 3. The van der Waals surface area contributed by atoms with Crippen molar-refractivity contribution in [3.8, 4) is 0 Å². The first-order valence-corrected chi connectivity index (χ1v) is 7.80. The zero-order chi connectivity index (χ0) is 16.1. The Labute approximate surface area is 124 Å². The molecule has 2 aliphatic rings. The molecule has 2 saturated heterocycles. The third-order valence-electron chi connectivity index (χ3n) is 3.60. The van der Waals surface area contributed by atoms with Gasteiger partial charge in [0.2, 0.25) is 15.9 Å². The van der Waals surface area contributed by atoms with Gasteiger partial charge in [-0.1, -0.05) is 0 Å². The fourth-order valence-electron chi connectivity index (χ4n) is 2.37. The van der Waals surface area contributed by atoms with E-state index in [2.05, 4.69) is 5.32 Å². The number of sulfonamides is 1. The topological polar surface area (TPSA) is 86.8 Å². The number of nitrogens with one attached hydrogen (secondary N) is 1. The molecule has 1 aromatic carbocycles. The Balaban J connectivity index is 1.75. The van der Waals surface area contributed by atoms with E-state index in [1.54, 1.807) is 0 Å². The molecule has 3 amide bonds. The molecule has 2 fully saturated rings. The summed E-state index contributed by atoms with van der Waals surface area (Å²) in [7, 11) is -3.98. The minimum atomic E-state index is -3.98. The van der Waals surface area contributed by atoms with Gasteiger partial charge < -0.3 is 5.32 Å². The number of hydrogen-bond donors (Lipinski definition) is 1. The number of carbonyl (C=O) groups is 2. The number of carbonyl (C=O) groups excluding carboxylic acids is 2. The van der Waals surface area contributed by atoms with Gasteiger partial charge in [-0.2, -0.15) is 4.31 Å². The molecule has 2 heterocycles. The molecule has 118 valence electrons. The minimum absolute atomic E-state index is 0.0690. The number of hydrogen-bond acceptors (Lipinski definition) is 4. The van der Waals surface area contributed by atoms with Gasteiger partial charge >= 0.3 is 6.03 Å². The van der Waals surface area contributed by atoms with Gasteiger partial charge in [-0.05, 0) is 18.2 Å². The van der Waals surface area contributed by atoms with Gasteiger partial charge in [0.15, 0.2) is 11.6 Å². The van der Waals surface area contributed by atoms with Crippen LogP contribution < -0.4 is 5.32 Å². The molecule has 0 bridgehead atoms. The third kappa shape index (κ3) is 2.24. The van der Waals surface area contributed by atoms with Crippen LogP contribution in [-0.2, 0) is 14.8 Å². The lowest BCUT2D eigenvalue weighted by atomic mass is 10.1. The Bertz CT molecular complexity index is 746. The van der Waals surface area contributed by atoms with Crippen LogP contribution in [0.25, 0.3) is 0 Å². The second kappa shape index (κ2) is 4.99. The number of amides is 3. The van der Waals surface area contributed by atoms with E-state index in [1.807, 2.05) is 0 Å². The lowest BCUT2D eigenvalue weighted by Gasteiger charge is -2.41. The summed E-state index contributed by atoms with van der Waals surface area (Å²) in [5, 5.41) is 2.35. The Morgan fingerprint density at radius 1 is 1.14 bits per heavy atom. The van der Waals surface area contributed by atoms with Crippen molar-refractivity contribution >= 4 is 22.0 Å². The van der Waals surface area contributed by atoms with E-state index in [-0.39, 0.29) is 24.5 Å². The average Bonchev–Trinajstić information content (AvgIpc) is 2.72. The van der Waals surface area contributed by atoms with E-state index in [1.165, 1.54) is 0 Å². The van der Waals surface area contributed by atoms with Crippen LogP contribution in [0.3, 0.4) is 0 Å². The second-order valence-corrected chi connectivity index (χ2v) is 6.91. The molecule has 22 heavy (non-hydrogen) atoms. The molecule has 0 aromatic heterocycles. The number of halogens is 2. The predicted octanol–water partition coefficient (Wildman–Crippen LogP) is -0.110. The van der Waals surface area contributed by atoms with Crippen molar-refractivity contribution in [2.24, 2.45) is 0 Å². The highest BCUT2D eigenvalue weighted by atomic mass is 32.2. The number of nitrogens with zero attached hydrogens (tertiary/aromatic N) is 2. The van der Waals surface area contributed by atoms with Crippen molar-refractivity contribution in [3.05, 3.63) is 29.8 Å². The highest BCUT2D eigenvalue weighted by Gasteiger charge is 2.45. The predicted molar refractivity (Wildman–Crippen MR) is 69.1 cm³/mol. The Morgan fingerprint density at radius 2 is 1.82 bits per heavy atom. The summed E-state index contributed by atoms with van der Waals surface area (Å²) in [6.45, 7) is -0.244. The normalized spacial score (nSPS) is 20.2. The first kappa shape index (κ1) is 14.9. The number of urea groups is 1. The molecule has 0 aliphatic carbocycles. The van der Waals surface area contributed by atoms with Crippen LogP contribution in [-0.4, -0.2) is 55.2 Å². The quantitative estimate of drug-likeness (QED) is 0.783. The molecule has 0 saturated carbocycles. The van der Waals surface area contributed by atoms with Crippen molar-refractivity contribution in [1.82, 2.24) is 14.5 Å². The summed E-state index contributed by atoms with van der Waals surface area (Å²) < 4.78 is 51.5. The molecule has 2 aliphatic heterocycles. The van der Waals surface area contributed by atoms with E-state index in [4.69, 9.17) is 0 Å². The summed E-state index contributed by atoms with van der Waals surface area (Å²) in [5.74, 6) is -2.81. The molecular formula is C12H11F2N3O4S. The van der Waals surface area contributed by atoms with E-state index >= 15 is 0 Å². The van der Waals surface area contributed by atoms with Crippen LogP contribution >= 0.6 is 0 Å². The molecule has 0 atom stereocenters. The minimum Gasteiger partial charge on any atom is -0.329 e. The molecule has 1 N–H and O–H groups in total. The molecular weight excluding hydrogens is 320 g/mol. The summed E-state index contributed by atoms with van der Waals surface area (Å²) in [5.41, 5.74) is 0. The SMILES string of the molecule is O=C1CNC(=O)N1C1CN(S(=O)(=O)c2ccc(F)c(F)c2)C1. The fraction of sp³-hybridized carbons (Fsp3) is 0.333. The van der Waals surface area contributed by atoms with Crippen molar-refractivity contribution < 1.29 is 26.8 Å². The van der Waals surface area contributed by atoms with Crippen LogP contribution in [0.5, 0.6) is 0 Å². The Hall–Kier alpha value is -2.07. The maximum absolute atomic E-state index is 13.2. The van der Waals surface area contributed by atoms with Crippen LogP contribution in [0.1, 0.15) is 0 Å². The molecule has 3 rings (SSSR count). The van der Waals surface area contributed by atoms with Crippen molar-refractivity contribution in [2.45, 2.75) is 10.9 Å². The molecule has 0 spiro atoms. The first-order chi connectivity index (χ1) is 10.3. The van der Waals surface area contributed by atoms with Crippen LogP contribution in [0.15, 0.2) is 23.1 Å². The van der Waals surface area contributed by atoms with E-state index in [9.17, 15) is 26.8 Å². The van der Waals surface area contributed by atoms with Gasteiger partial charge in [0, 0.05) is 13.1 Å². The molecule has 1 aromatic rings. The van der Waals surface area contributed by atoms with E-state index in [0.29, 0.717) is 6.07 Å². The van der Waals surface area contributed by atoms with Gasteiger partial charge in [-0.15, -0.1) is 0 Å². The van der Waals surface area contributed by atoms with Crippen LogP contribution in [0.4, 0.5) is 13.6 Å². The monoisotopic (exact) mass is 331 g/mol. The highest BCUT2D eigenvalue weighted by Crippen LogP contribution is 2.26. The largest absolute Gasteiger partial charge is 0.329 e. The maximum Gasteiger partial charge on any atom is 0.324 e. The molecule has 10 heteroatoms. The fourth-order valence-corrected chi connectivity index (χ4v) is 3.89. The van der Waals surface area contributed by atoms with Gasteiger partial charge in [0.25, 0.3) is 0 Å². The van der Waals surface area contributed by atoms with Gasteiger partial charge in [0.05, 0.1) is 17.5 Å². The molecule has 0 unspecified atom stereocenters. The van der Waals surface area contributed by atoms with Crippen molar-refractivity contribution in [3.63, 3.8) is 0 Å². The lowest BCUT2D eigenvalue weighted by Crippen LogP contribution is -2.62. The van der Waals surface area contributed by atoms with Gasteiger partial charge in [-0.3, -0.25) is 9.69 Å². The van der Waals surface area contributed by atoms with E-state index < -0.39 is 39.6 Å². The van der Waals surface area contributed by atoms with Crippen LogP contribution in [0.2, 0.25) is 0 Å². The van der Waals surface area contributed by atoms with Crippen LogP contribution in [0, 0.1) is 11.6 Å². The van der Waals surface area contributed by atoms with Gasteiger partial charge in [-0.25, -0.2) is 22.0 Å².